The Labute approximate surface area is 180 Å². The van der Waals surface area contributed by atoms with Crippen molar-refractivity contribution in [3.8, 4) is 39.7 Å². The van der Waals surface area contributed by atoms with Crippen molar-refractivity contribution in [3.63, 3.8) is 0 Å². The molecule has 6 heteroatoms. The summed E-state index contributed by atoms with van der Waals surface area (Å²) < 4.78 is 22.6. The number of Topliss-reactive ketones (excluding diaryl/α,β-unsaturated/α-hetero) is 1. The molecule has 0 saturated heterocycles. The fourth-order valence-corrected chi connectivity index (χ4v) is 3.72. The number of aromatic nitrogens is 1. The third kappa shape index (κ3) is 3.84. The van der Waals surface area contributed by atoms with Crippen LogP contribution in [0.2, 0.25) is 0 Å². The van der Waals surface area contributed by atoms with Crippen molar-refractivity contribution >= 4 is 16.9 Å². The Morgan fingerprint density at radius 1 is 0.935 bits per heavy atom. The molecule has 6 nitrogen and oxygen atoms in total. The molecular formula is C25H23NO5. The van der Waals surface area contributed by atoms with E-state index in [0.29, 0.717) is 35.0 Å². The minimum absolute atomic E-state index is 0.107. The number of pyridine rings is 1. The number of hydrogen-bond acceptors (Lipinski definition) is 6. The second kappa shape index (κ2) is 8.52. The smallest absolute Gasteiger partial charge is 0.203 e. The van der Waals surface area contributed by atoms with Gasteiger partial charge in [0.2, 0.25) is 5.75 Å². The molecule has 0 saturated carbocycles. The highest BCUT2D eigenvalue weighted by molar-refractivity contribution is 5.94. The van der Waals surface area contributed by atoms with Gasteiger partial charge in [-0.15, -0.1) is 0 Å². The molecule has 0 bridgehead atoms. The Bertz CT molecular complexity index is 1230. The molecule has 2 heterocycles. The van der Waals surface area contributed by atoms with Gasteiger partial charge in [0.1, 0.15) is 17.1 Å². The largest absolute Gasteiger partial charge is 0.493 e. The van der Waals surface area contributed by atoms with E-state index >= 15 is 0 Å². The van der Waals surface area contributed by atoms with Gasteiger partial charge in [0.25, 0.3) is 0 Å². The molecule has 0 amide bonds. The maximum absolute atomic E-state index is 11.8. The number of benzene rings is 2. The van der Waals surface area contributed by atoms with Gasteiger partial charge in [-0.05, 0) is 36.2 Å². The summed E-state index contributed by atoms with van der Waals surface area (Å²) >= 11 is 0. The van der Waals surface area contributed by atoms with E-state index in [1.807, 2.05) is 48.5 Å². The molecule has 0 aliphatic rings. The summed E-state index contributed by atoms with van der Waals surface area (Å²) in [5.41, 5.74) is 4.95. The number of furan rings is 1. The zero-order chi connectivity index (χ0) is 22.0. The standard InChI is InChI=1S/C25H23NO5/c1-15(27)11-16-7-5-6-8-18(16)19-9-10-26-20-14-21(31-24(19)20)17-12-22(28-2)25(30-4)23(13-17)29-3/h5-10,12-14H,11H2,1-4H3. The van der Waals surface area contributed by atoms with E-state index in [2.05, 4.69) is 4.98 Å². The predicted octanol–water partition coefficient (Wildman–Crippen LogP) is 5.32. The van der Waals surface area contributed by atoms with E-state index in [0.717, 1.165) is 27.8 Å². The summed E-state index contributed by atoms with van der Waals surface area (Å²) in [5, 5.41) is 0. The molecule has 0 N–H and O–H groups in total. The van der Waals surface area contributed by atoms with Gasteiger partial charge in [-0.3, -0.25) is 9.78 Å². The van der Waals surface area contributed by atoms with Crippen LogP contribution in [0.4, 0.5) is 0 Å². The quantitative estimate of drug-likeness (QED) is 0.405. The SMILES string of the molecule is COc1cc(-c2cc3nccc(-c4ccccc4CC(C)=O)c3o2)cc(OC)c1OC. The van der Waals surface area contributed by atoms with Crippen LogP contribution in [-0.2, 0) is 11.2 Å². The lowest BCUT2D eigenvalue weighted by molar-refractivity contribution is -0.116. The normalized spacial score (nSPS) is 10.8. The topological polar surface area (TPSA) is 70.8 Å². The first-order valence-corrected chi connectivity index (χ1v) is 9.82. The molecule has 0 atom stereocenters. The number of hydrogen-bond donors (Lipinski definition) is 0. The van der Waals surface area contributed by atoms with Gasteiger partial charge < -0.3 is 18.6 Å². The summed E-state index contributed by atoms with van der Waals surface area (Å²) in [6, 6.07) is 15.3. The highest BCUT2D eigenvalue weighted by Gasteiger charge is 2.19. The Hall–Kier alpha value is -3.80. The summed E-state index contributed by atoms with van der Waals surface area (Å²) in [6.45, 7) is 1.59. The second-order valence-electron chi connectivity index (χ2n) is 7.13. The van der Waals surface area contributed by atoms with Crippen LogP contribution in [0.25, 0.3) is 33.6 Å². The maximum atomic E-state index is 11.8. The first-order valence-electron chi connectivity index (χ1n) is 9.82. The van der Waals surface area contributed by atoms with E-state index < -0.39 is 0 Å². The van der Waals surface area contributed by atoms with Crippen molar-refractivity contribution in [1.82, 2.24) is 4.98 Å². The van der Waals surface area contributed by atoms with E-state index in [4.69, 9.17) is 18.6 Å². The van der Waals surface area contributed by atoms with Crippen LogP contribution in [0.3, 0.4) is 0 Å². The molecule has 2 aromatic heterocycles. The summed E-state index contributed by atoms with van der Waals surface area (Å²) in [7, 11) is 4.71. The molecule has 0 aliphatic carbocycles. The third-order valence-corrected chi connectivity index (χ3v) is 5.11. The molecule has 0 aliphatic heterocycles. The van der Waals surface area contributed by atoms with Gasteiger partial charge in [-0.25, -0.2) is 0 Å². The zero-order valence-corrected chi connectivity index (χ0v) is 17.9. The summed E-state index contributed by atoms with van der Waals surface area (Å²) in [5.74, 6) is 2.32. The summed E-state index contributed by atoms with van der Waals surface area (Å²) in [4.78, 5) is 16.2. The highest BCUT2D eigenvalue weighted by Crippen LogP contribution is 2.43. The van der Waals surface area contributed by atoms with Crippen LogP contribution in [0, 0.1) is 0 Å². The number of nitrogens with zero attached hydrogens (tertiary/aromatic N) is 1. The van der Waals surface area contributed by atoms with E-state index in [1.54, 1.807) is 34.4 Å². The van der Waals surface area contributed by atoms with Crippen LogP contribution in [0.15, 0.2) is 59.1 Å². The lowest BCUT2D eigenvalue weighted by atomic mass is 9.96. The van der Waals surface area contributed by atoms with Crippen molar-refractivity contribution in [2.75, 3.05) is 21.3 Å². The molecule has 2 aromatic carbocycles. The maximum Gasteiger partial charge on any atom is 0.203 e. The number of carbonyl (C=O) groups excluding carboxylic acids is 1. The average molecular weight is 417 g/mol. The first-order chi connectivity index (χ1) is 15.0. The Morgan fingerprint density at radius 3 is 2.29 bits per heavy atom. The minimum atomic E-state index is 0.107. The van der Waals surface area contributed by atoms with Crippen molar-refractivity contribution in [2.45, 2.75) is 13.3 Å². The lowest BCUT2D eigenvalue weighted by Crippen LogP contribution is -1.98. The Balaban J connectivity index is 1.88. The van der Waals surface area contributed by atoms with Crippen LogP contribution in [-0.4, -0.2) is 32.1 Å². The van der Waals surface area contributed by atoms with Crippen LogP contribution in [0.1, 0.15) is 12.5 Å². The minimum Gasteiger partial charge on any atom is -0.493 e. The van der Waals surface area contributed by atoms with Gasteiger partial charge in [0.15, 0.2) is 17.1 Å². The molecule has 4 aromatic rings. The Kier molecular flexibility index (Phi) is 5.62. The molecule has 0 radical (unpaired) electrons. The van der Waals surface area contributed by atoms with Crippen molar-refractivity contribution < 1.29 is 23.4 Å². The number of carbonyl (C=O) groups is 1. The molecule has 31 heavy (non-hydrogen) atoms. The first kappa shape index (κ1) is 20.5. The number of methoxy groups -OCH3 is 3. The van der Waals surface area contributed by atoms with Crippen molar-refractivity contribution in [2.24, 2.45) is 0 Å². The van der Waals surface area contributed by atoms with Gasteiger partial charge in [0, 0.05) is 29.8 Å². The third-order valence-electron chi connectivity index (χ3n) is 5.11. The second-order valence-corrected chi connectivity index (χ2v) is 7.13. The fraction of sp³-hybridized carbons (Fsp3) is 0.200. The van der Waals surface area contributed by atoms with Gasteiger partial charge >= 0.3 is 0 Å². The molecule has 0 unspecified atom stereocenters. The van der Waals surface area contributed by atoms with Gasteiger partial charge in [-0.2, -0.15) is 0 Å². The highest BCUT2D eigenvalue weighted by atomic mass is 16.5. The molecule has 158 valence electrons. The van der Waals surface area contributed by atoms with E-state index in [1.165, 1.54) is 0 Å². The molecule has 4 rings (SSSR count). The Morgan fingerprint density at radius 2 is 1.65 bits per heavy atom. The number of ketones is 1. The zero-order valence-electron chi connectivity index (χ0n) is 17.9. The van der Waals surface area contributed by atoms with Crippen LogP contribution >= 0.6 is 0 Å². The lowest BCUT2D eigenvalue weighted by Gasteiger charge is -2.13. The molecule has 0 spiro atoms. The fourth-order valence-electron chi connectivity index (χ4n) is 3.72. The number of rotatable bonds is 7. The monoisotopic (exact) mass is 417 g/mol. The van der Waals surface area contributed by atoms with Gasteiger partial charge in [0.05, 0.1) is 21.3 Å². The van der Waals surface area contributed by atoms with Crippen molar-refractivity contribution in [1.29, 1.82) is 0 Å². The number of ether oxygens (including phenoxy) is 3. The van der Waals surface area contributed by atoms with Crippen LogP contribution < -0.4 is 14.2 Å². The average Bonchev–Trinajstić information content (AvgIpc) is 3.22. The molecule has 0 fully saturated rings. The molecular weight excluding hydrogens is 394 g/mol. The number of fused-ring (bicyclic) bond motifs is 1. The van der Waals surface area contributed by atoms with E-state index in [-0.39, 0.29) is 5.78 Å². The van der Waals surface area contributed by atoms with E-state index in [9.17, 15) is 4.79 Å². The predicted molar refractivity (Wildman–Crippen MR) is 119 cm³/mol. The summed E-state index contributed by atoms with van der Waals surface area (Å²) in [6.07, 6.45) is 2.11. The van der Waals surface area contributed by atoms with Gasteiger partial charge in [-0.1, -0.05) is 24.3 Å². The van der Waals surface area contributed by atoms with Crippen LogP contribution in [0.5, 0.6) is 17.2 Å². The van der Waals surface area contributed by atoms with Crippen molar-refractivity contribution in [3.05, 3.63) is 60.3 Å².